The van der Waals surface area contributed by atoms with E-state index in [9.17, 15) is 4.79 Å². The van der Waals surface area contributed by atoms with Crippen LogP contribution in [0.1, 0.15) is 6.92 Å². The van der Waals surface area contributed by atoms with E-state index in [2.05, 4.69) is 36.4 Å². The SMILES string of the molecule is CCNC(=O)C1CNCCN1c1ccncc1Br. The summed E-state index contributed by atoms with van der Waals surface area (Å²) in [5.74, 6) is 0.0633. The molecule has 0 radical (unpaired) electrons. The number of nitrogens with zero attached hydrogens (tertiary/aromatic N) is 2. The molecule has 2 N–H and O–H groups in total. The maximum Gasteiger partial charge on any atom is 0.244 e. The molecule has 6 heteroatoms. The van der Waals surface area contributed by atoms with Crippen molar-refractivity contribution in [3.8, 4) is 0 Å². The molecule has 0 saturated carbocycles. The molecule has 1 fully saturated rings. The summed E-state index contributed by atoms with van der Waals surface area (Å²) in [6.45, 7) is 4.94. The number of pyridine rings is 1. The highest BCUT2D eigenvalue weighted by Crippen LogP contribution is 2.27. The maximum atomic E-state index is 12.1. The zero-order valence-electron chi connectivity index (χ0n) is 10.3. The molecule has 18 heavy (non-hydrogen) atoms. The summed E-state index contributed by atoms with van der Waals surface area (Å²) in [5.41, 5.74) is 1.02. The molecule has 0 bridgehead atoms. The first-order chi connectivity index (χ1) is 8.74. The third kappa shape index (κ3) is 2.81. The van der Waals surface area contributed by atoms with Crippen LogP contribution in [0.15, 0.2) is 22.9 Å². The molecule has 1 unspecified atom stereocenters. The molecule has 1 atom stereocenters. The molecule has 0 aliphatic carbocycles. The van der Waals surface area contributed by atoms with Crippen molar-refractivity contribution < 1.29 is 4.79 Å². The van der Waals surface area contributed by atoms with Crippen molar-refractivity contribution in [3.05, 3.63) is 22.9 Å². The number of rotatable bonds is 3. The van der Waals surface area contributed by atoms with Crippen molar-refractivity contribution in [1.29, 1.82) is 0 Å². The van der Waals surface area contributed by atoms with Crippen molar-refractivity contribution >= 4 is 27.5 Å². The summed E-state index contributed by atoms with van der Waals surface area (Å²) in [6.07, 6.45) is 3.50. The highest BCUT2D eigenvalue weighted by Gasteiger charge is 2.29. The molecule has 98 valence electrons. The molecule has 2 heterocycles. The van der Waals surface area contributed by atoms with Crippen molar-refractivity contribution in [2.45, 2.75) is 13.0 Å². The molecule has 0 aromatic carbocycles. The van der Waals surface area contributed by atoms with Crippen molar-refractivity contribution in [2.75, 3.05) is 31.1 Å². The third-order valence-corrected chi connectivity index (χ3v) is 3.57. The summed E-state index contributed by atoms with van der Waals surface area (Å²) >= 11 is 3.49. The van der Waals surface area contributed by atoms with E-state index in [0.29, 0.717) is 13.1 Å². The molecular formula is C12H17BrN4O. The van der Waals surface area contributed by atoms with Gasteiger partial charge in [0.05, 0.1) is 10.2 Å². The third-order valence-electron chi connectivity index (χ3n) is 2.96. The van der Waals surface area contributed by atoms with Crippen molar-refractivity contribution in [2.24, 2.45) is 0 Å². The summed E-state index contributed by atoms with van der Waals surface area (Å²) < 4.78 is 0.918. The first kappa shape index (κ1) is 13.3. The molecule has 1 saturated heterocycles. The summed E-state index contributed by atoms with van der Waals surface area (Å²) in [5, 5.41) is 6.14. The molecule has 0 spiro atoms. The molecule has 5 nitrogen and oxygen atoms in total. The van der Waals surface area contributed by atoms with Gasteiger partial charge in [0, 0.05) is 38.6 Å². The second-order valence-electron chi connectivity index (χ2n) is 4.13. The number of hydrogen-bond acceptors (Lipinski definition) is 4. The van der Waals surface area contributed by atoms with E-state index < -0.39 is 0 Å². The second kappa shape index (κ2) is 6.15. The minimum atomic E-state index is -0.169. The van der Waals surface area contributed by atoms with Crippen LogP contribution in [0.5, 0.6) is 0 Å². The summed E-state index contributed by atoms with van der Waals surface area (Å²) in [4.78, 5) is 18.2. The lowest BCUT2D eigenvalue weighted by molar-refractivity contribution is -0.122. The zero-order valence-corrected chi connectivity index (χ0v) is 11.9. The first-order valence-electron chi connectivity index (χ1n) is 6.08. The zero-order chi connectivity index (χ0) is 13.0. The molecule has 1 aromatic heterocycles. The predicted octanol–water partition coefficient (Wildman–Crippen LogP) is 0.758. The largest absolute Gasteiger partial charge is 0.356 e. The smallest absolute Gasteiger partial charge is 0.244 e. The number of anilines is 1. The summed E-state index contributed by atoms with van der Waals surface area (Å²) in [6, 6.07) is 1.76. The van der Waals surface area contributed by atoms with E-state index in [1.54, 1.807) is 12.4 Å². The lowest BCUT2D eigenvalue weighted by atomic mass is 10.1. The summed E-state index contributed by atoms with van der Waals surface area (Å²) in [7, 11) is 0. The van der Waals surface area contributed by atoms with Gasteiger partial charge in [-0.1, -0.05) is 0 Å². The number of carbonyl (C=O) groups is 1. The Morgan fingerprint density at radius 3 is 3.28 bits per heavy atom. The fraction of sp³-hybridized carbons (Fsp3) is 0.500. The van der Waals surface area contributed by atoms with Crippen LogP contribution in [0.2, 0.25) is 0 Å². The monoisotopic (exact) mass is 312 g/mol. The number of carbonyl (C=O) groups excluding carboxylic acids is 1. The Bertz CT molecular complexity index is 426. The van der Waals surface area contributed by atoms with Gasteiger partial charge in [-0.05, 0) is 28.9 Å². The van der Waals surface area contributed by atoms with Crippen LogP contribution in [-0.2, 0) is 4.79 Å². The number of likely N-dealkylation sites (N-methyl/N-ethyl adjacent to an activating group) is 1. The molecular weight excluding hydrogens is 296 g/mol. The van der Waals surface area contributed by atoms with Gasteiger partial charge in [0.1, 0.15) is 6.04 Å². The highest BCUT2D eigenvalue weighted by atomic mass is 79.9. The van der Waals surface area contributed by atoms with Gasteiger partial charge in [0.25, 0.3) is 0 Å². The van der Waals surface area contributed by atoms with Gasteiger partial charge in [-0.25, -0.2) is 0 Å². The van der Waals surface area contributed by atoms with Gasteiger partial charge < -0.3 is 15.5 Å². The van der Waals surface area contributed by atoms with Gasteiger partial charge in [-0.15, -0.1) is 0 Å². The lowest BCUT2D eigenvalue weighted by Gasteiger charge is -2.37. The van der Waals surface area contributed by atoms with Crippen LogP contribution < -0.4 is 15.5 Å². The minimum Gasteiger partial charge on any atom is -0.356 e. The fourth-order valence-electron chi connectivity index (χ4n) is 2.12. The molecule has 1 aliphatic rings. The van der Waals surface area contributed by atoms with E-state index in [0.717, 1.165) is 23.2 Å². The normalized spacial score (nSPS) is 19.7. The van der Waals surface area contributed by atoms with E-state index in [1.165, 1.54) is 0 Å². The van der Waals surface area contributed by atoms with E-state index >= 15 is 0 Å². The number of aromatic nitrogens is 1. The highest BCUT2D eigenvalue weighted by molar-refractivity contribution is 9.10. The Kier molecular flexibility index (Phi) is 4.54. The quantitative estimate of drug-likeness (QED) is 0.865. The fourth-order valence-corrected chi connectivity index (χ4v) is 2.60. The van der Waals surface area contributed by atoms with Gasteiger partial charge in [0.15, 0.2) is 0 Å². The predicted molar refractivity (Wildman–Crippen MR) is 74.6 cm³/mol. The van der Waals surface area contributed by atoms with Crippen LogP contribution in [0.25, 0.3) is 0 Å². The van der Waals surface area contributed by atoms with E-state index in [1.807, 2.05) is 13.0 Å². The van der Waals surface area contributed by atoms with Gasteiger partial charge in [0.2, 0.25) is 5.91 Å². The first-order valence-corrected chi connectivity index (χ1v) is 6.88. The molecule has 1 aliphatic heterocycles. The van der Waals surface area contributed by atoms with Crippen molar-refractivity contribution in [3.63, 3.8) is 0 Å². The van der Waals surface area contributed by atoms with Crippen LogP contribution in [0.4, 0.5) is 5.69 Å². The second-order valence-corrected chi connectivity index (χ2v) is 4.99. The minimum absolute atomic E-state index is 0.0633. The van der Waals surface area contributed by atoms with E-state index in [4.69, 9.17) is 0 Å². The Morgan fingerprint density at radius 1 is 1.72 bits per heavy atom. The topological polar surface area (TPSA) is 57.3 Å². The maximum absolute atomic E-state index is 12.1. The number of nitrogens with one attached hydrogen (secondary N) is 2. The van der Waals surface area contributed by atoms with E-state index in [-0.39, 0.29) is 11.9 Å². The standard InChI is InChI=1S/C12H17BrN4O/c1-2-16-12(18)11-8-15-5-6-17(11)10-3-4-14-7-9(10)13/h3-4,7,11,15H,2,5-6,8H2,1H3,(H,16,18). The van der Waals surface area contributed by atoms with Gasteiger partial charge >= 0.3 is 0 Å². The Hall–Kier alpha value is -1.14. The lowest BCUT2D eigenvalue weighted by Crippen LogP contribution is -2.58. The van der Waals surface area contributed by atoms with Crippen LogP contribution >= 0.6 is 15.9 Å². The van der Waals surface area contributed by atoms with Crippen LogP contribution in [-0.4, -0.2) is 43.1 Å². The molecule has 1 aromatic rings. The number of hydrogen-bond donors (Lipinski definition) is 2. The molecule has 1 amide bonds. The number of halogens is 1. The van der Waals surface area contributed by atoms with Gasteiger partial charge in [-0.2, -0.15) is 0 Å². The average Bonchev–Trinajstić information content (AvgIpc) is 2.40. The Morgan fingerprint density at radius 2 is 2.56 bits per heavy atom. The Labute approximate surface area is 115 Å². The Balaban J connectivity index is 2.23. The average molecular weight is 313 g/mol. The van der Waals surface area contributed by atoms with Crippen molar-refractivity contribution in [1.82, 2.24) is 15.6 Å². The van der Waals surface area contributed by atoms with Crippen LogP contribution in [0.3, 0.4) is 0 Å². The van der Waals surface area contributed by atoms with Crippen LogP contribution in [0, 0.1) is 0 Å². The number of amides is 1. The van der Waals surface area contributed by atoms with Gasteiger partial charge in [-0.3, -0.25) is 9.78 Å². The number of piperazine rings is 1. The molecule has 2 rings (SSSR count).